The van der Waals surface area contributed by atoms with Gasteiger partial charge in [-0.3, -0.25) is 10.1 Å². The SMILES string of the molecule is CCN1C(=O)[C@@]2(NCCc3c2c(C)n(-c2ccccc2)c3C)c2cc(C)ccc21. The minimum atomic E-state index is -0.792. The third-order valence-corrected chi connectivity index (χ3v) is 6.65. The molecule has 0 saturated carbocycles. The summed E-state index contributed by atoms with van der Waals surface area (Å²) < 4.78 is 2.32. The van der Waals surface area contributed by atoms with Gasteiger partial charge in [-0.05, 0) is 57.9 Å². The second-order valence-electron chi connectivity index (χ2n) is 8.19. The van der Waals surface area contributed by atoms with E-state index in [2.05, 4.69) is 80.0 Å². The number of fused-ring (bicyclic) bond motifs is 4. The van der Waals surface area contributed by atoms with E-state index in [9.17, 15) is 4.79 Å². The first-order valence-corrected chi connectivity index (χ1v) is 10.5. The Morgan fingerprint density at radius 1 is 1.03 bits per heavy atom. The molecule has 1 atom stereocenters. The first-order valence-electron chi connectivity index (χ1n) is 10.5. The average Bonchev–Trinajstić information content (AvgIpc) is 3.12. The number of hydrogen-bond donors (Lipinski definition) is 1. The van der Waals surface area contributed by atoms with Gasteiger partial charge >= 0.3 is 0 Å². The Kier molecular flexibility index (Phi) is 3.97. The predicted octanol–water partition coefficient (Wildman–Crippen LogP) is 4.16. The van der Waals surface area contributed by atoms with Gasteiger partial charge < -0.3 is 9.47 Å². The molecule has 0 unspecified atom stereocenters. The molecule has 0 fully saturated rings. The fourth-order valence-corrected chi connectivity index (χ4v) is 5.47. The molecule has 4 nitrogen and oxygen atoms in total. The molecule has 2 aliphatic rings. The summed E-state index contributed by atoms with van der Waals surface area (Å²) in [5, 5.41) is 3.68. The summed E-state index contributed by atoms with van der Waals surface area (Å²) in [5.41, 5.74) is 8.51. The molecule has 0 bridgehead atoms. The van der Waals surface area contributed by atoms with Crippen molar-refractivity contribution in [3.63, 3.8) is 0 Å². The van der Waals surface area contributed by atoms with E-state index in [1.807, 2.05) is 11.0 Å². The van der Waals surface area contributed by atoms with E-state index >= 15 is 0 Å². The highest BCUT2D eigenvalue weighted by atomic mass is 16.2. The minimum Gasteiger partial charge on any atom is -0.318 e. The van der Waals surface area contributed by atoms with Crippen LogP contribution in [0.5, 0.6) is 0 Å². The number of amides is 1. The van der Waals surface area contributed by atoms with Crippen molar-refractivity contribution >= 4 is 11.6 Å². The second-order valence-corrected chi connectivity index (χ2v) is 8.19. The maximum absolute atomic E-state index is 13.9. The zero-order valence-electron chi connectivity index (χ0n) is 17.5. The van der Waals surface area contributed by atoms with Gasteiger partial charge in [-0.1, -0.05) is 35.9 Å². The molecule has 0 saturated heterocycles. The van der Waals surface area contributed by atoms with Crippen LogP contribution < -0.4 is 10.2 Å². The molecule has 2 aromatic carbocycles. The van der Waals surface area contributed by atoms with E-state index in [0.29, 0.717) is 6.54 Å². The summed E-state index contributed by atoms with van der Waals surface area (Å²) in [6.07, 6.45) is 0.935. The standard InChI is InChI=1S/C25H27N3O/c1-5-27-22-12-11-16(2)15-21(22)25(24(27)29)23-18(4)28(19-9-7-6-8-10-19)17(3)20(23)13-14-26-25/h6-12,15,26H,5,13-14H2,1-4H3/t25-/m1/s1. The van der Waals surface area contributed by atoms with Crippen LogP contribution in [0.3, 0.4) is 0 Å². The number of likely N-dealkylation sites (N-methyl/N-ethyl adjacent to an activating group) is 1. The van der Waals surface area contributed by atoms with Crippen LogP contribution in [0.2, 0.25) is 0 Å². The first kappa shape index (κ1) is 18.2. The van der Waals surface area contributed by atoms with Crippen molar-refractivity contribution in [1.82, 2.24) is 9.88 Å². The van der Waals surface area contributed by atoms with Crippen molar-refractivity contribution in [2.24, 2.45) is 0 Å². The lowest BCUT2D eigenvalue weighted by Crippen LogP contribution is -2.55. The quantitative estimate of drug-likeness (QED) is 0.719. The van der Waals surface area contributed by atoms with Crippen LogP contribution in [0.25, 0.3) is 5.69 Å². The number of rotatable bonds is 2. The fourth-order valence-electron chi connectivity index (χ4n) is 5.47. The average molecular weight is 386 g/mol. The van der Waals surface area contributed by atoms with Gasteiger partial charge in [-0.2, -0.15) is 0 Å². The van der Waals surface area contributed by atoms with Gasteiger partial charge in [0, 0.05) is 47.0 Å². The van der Waals surface area contributed by atoms with Gasteiger partial charge in [-0.25, -0.2) is 0 Å². The summed E-state index contributed by atoms with van der Waals surface area (Å²) in [7, 11) is 0. The third-order valence-electron chi connectivity index (χ3n) is 6.65. The van der Waals surface area contributed by atoms with Crippen LogP contribution in [0.1, 0.15) is 40.6 Å². The molecule has 1 spiro atoms. The predicted molar refractivity (Wildman–Crippen MR) is 117 cm³/mol. The number of nitrogens with one attached hydrogen (secondary N) is 1. The summed E-state index contributed by atoms with van der Waals surface area (Å²) in [5.74, 6) is 0.148. The maximum Gasteiger partial charge on any atom is 0.256 e. The van der Waals surface area contributed by atoms with Gasteiger partial charge in [-0.15, -0.1) is 0 Å². The number of anilines is 1. The molecule has 5 rings (SSSR count). The first-order chi connectivity index (χ1) is 14.0. The van der Waals surface area contributed by atoms with E-state index < -0.39 is 5.54 Å². The third kappa shape index (κ3) is 2.26. The molecule has 3 aromatic rings. The number of aryl methyl sites for hydroxylation is 1. The van der Waals surface area contributed by atoms with Crippen molar-refractivity contribution < 1.29 is 4.79 Å². The van der Waals surface area contributed by atoms with Crippen molar-refractivity contribution in [2.45, 2.75) is 39.7 Å². The molecule has 1 N–H and O–H groups in total. The van der Waals surface area contributed by atoms with Crippen molar-refractivity contribution in [3.8, 4) is 5.69 Å². The molecule has 3 heterocycles. The lowest BCUT2D eigenvalue weighted by molar-refractivity contribution is -0.123. The number of nitrogens with zero attached hydrogens (tertiary/aromatic N) is 2. The number of para-hydroxylation sites is 1. The highest BCUT2D eigenvalue weighted by Gasteiger charge is 2.55. The summed E-state index contributed by atoms with van der Waals surface area (Å²) in [6.45, 7) is 9.96. The zero-order valence-corrected chi connectivity index (χ0v) is 17.5. The van der Waals surface area contributed by atoms with Gasteiger partial charge in [0.25, 0.3) is 5.91 Å². The maximum atomic E-state index is 13.9. The van der Waals surface area contributed by atoms with Crippen LogP contribution in [0.15, 0.2) is 48.5 Å². The van der Waals surface area contributed by atoms with Crippen LogP contribution in [0, 0.1) is 20.8 Å². The summed E-state index contributed by atoms with van der Waals surface area (Å²) in [4.78, 5) is 15.8. The van der Waals surface area contributed by atoms with Crippen molar-refractivity contribution in [2.75, 3.05) is 18.0 Å². The lowest BCUT2D eigenvalue weighted by atomic mass is 9.78. The van der Waals surface area contributed by atoms with Crippen LogP contribution in [-0.4, -0.2) is 23.6 Å². The van der Waals surface area contributed by atoms with E-state index in [0.717, 1.165) is 41.2 Å². The monoisotopic (exact) mass is 385 g/mol. The lowest BCUT2D eigenvalue weighted by Gasteiger charge is -2.35. The van der Waals surface area contributed by atoms with Gasteiger partial charge in [0.2, 0.25) is 0 Å². The number of aromatic nitrogens is 1. The normalized spacial score (nSPS) is 20.3. The zero-order chi connectivity index (χ0) is 20.3. The molecule has 0 aliphatic carbocycles. The molecule has 0 radical (unpaired) electrons. The van der Waals surface area contributed by atoms with Crippen LogP contribution in [-0.2, 0) is 16.8 Å². The molecule has 2 aliphatic heterocycles. The highest BCUT2D eigenvalue weighted by Crippen LogP contribution is 2.49. The molecule has 1 amide bonds. The molecule has 148 valence electrons. The van der Waals surface area contributed by atoms with Gasteiger partial charge in [0.05, 0.1) is 0 Å². The van der Waals surface area contributed by atoms with E-state index in [1.54, 1.807) is 0 Å². The molecular weight excluding hydrogens is 358 g/mol. The van der Waals surface area contributed by atoms with E-state index in [4.69, 9.17) is 0 Å². The van der Waals surface area contributed by atoms with Crippen molar-refractivity contribution in [3.05, 3.63) is 82.2 Å². The Morgan fingerprint density at radius 2 is 1.79 bits per heavy atom. The van der Waals surface area contributed by atoms with E-state index in [-0.39, 0.29) is 5.91 Å². The number of hydrogen-bond acceptors (Lipinski definition) is 2. The fraction of sp³-hybridized carbons (Fsp3) is 0.320. The Labute approximate surface area is 172 Å². The van der Waals surface area contributed by atoms with Crippen LogP contribution in [0.4, 0.5) is 5.69 Å². The smallest absolute Gasteiger partial charge is 0.256 e. The second kappa shape index (κ2) is 6.33. The molecular formula is C25H27N3O. The van der Waals surface area contributed by atoms with E-state index in [1.165, 1.54) is 16.8 Å². The Hall–Kier alpha value is -2.85. The largest absolute Gasteiger partial charge is 0.318 e. The number of carbonyl (C=O) groups is 1. The van der Waals surface area contributed by atoms with Crippen LogP contribution >= 0.6 is 0 Å². The molecule has 29 heavy (non-hydrogen) atoms. The van der Waals surface area contributed by atoms with Gasteiger partial charge in [0.1, 0.15) is 0 Å². The van der Waals surface area contributed by atoms with Crippen molar-refractivity contribution in [1.29, 1.82) is 0 Å². The topological polar surface area (TPSA) is 37.3 Å². The highest BCUT2D eigenvalue weighted by molar-refractivity contribution is 6.10. The molecule has 1 aromatic heterocycles. The minimum absolute atomic E-state index is 0.148. The number of benzene rings is 2. The molecule has 4 heteroatoms. The Balaban J connectivity index is 1.84. The Morgan fingerprint density at radius 3 is 2.52 bits per heavy atom. The summed E-state index contributed by atoms with van der Waals surface area (Å²) >= 11 is 0. The Bertz CT molecular complexity index is 1130. The number of carbonyl (C=O) groups excluding carboxylic acids is 1. The summed E-state index contributed by atoms with van der Waals surface area (Å²) in [6, 6.07) is 16.9. The van der Waals surface area contributed by atoms with Gasteiger partial charge in [0.15, 0.2) is 5.54 Å².